The topological polar surface area (TPSA) is 265 Å². The third-order valence-corrected chi connectivity index (χ3v) is 8.89. The van der Waals surface area contributed by atoms with Crippen LogP contribution in [0.25, 0.3) is 11.1 Å². The number of β-lactam (4-membered cyclic amide) rings is 1. The summed E-state index contributed by atoms with van der Waals surface area (Å²) in [5, 5.41) is 20.9. The molecule has 262 valence electrons. The predicted octanol–water partition coefficient (Wildman–Crippen LogP) is -0.130. The van der Waals surface area contributed by atoms with Crippen LogP contribution < -0.4 is 31.4 Å². The molecule has 1 aromatic carbocycles. The lowest BCUT2D eigenvalue weighted by molar-refractivity contribution is -0.656. The maximum Gasteiger partial charge on any atom is 0.351 e. The van der Waals surface area contributed by atoms with Crippen LogP contribution >= 0.6 is 11.3 Å². The number of rotatable bonds is 15. The average molecular weight is 719 g/mol. The Morgan fingerprint density at radius 2 is 1.90 bits per heavy atom. The zero-order chi connectivity index (χ0) is 35.7. The van der Waals surface area contributed by atoms with Crippen molar-refractivity contribution in [3.05, 3.63) is 53.7 Å². The number of carbonyl (C=O) groups is 3. The SMILES string of the molecule is C[n+]1cc(-c2ccc(OCC(O/N=C(\C(=O)N[C@@H]3C(=O)N(OS(=O)(=O)[O-])C3(C)C)c3csc(N)n3)C(=O)O)cc2)ccc1NCC1(N)CC1. The molecule has 2 amide bonds. The highest BCUT2D eigenvalue weighted by Gasteiger charge is 2.57. The van der Waals surface area contributed by atoms with Gasteiger partial charge in [-0.25, -0.2) is 22.8 Å². The number of amides is 2. The van der Waals surface area contributed by atoms with Gasteiger partial charge in [-0.2, -0.15) is 9.35 Å². The third-order valence-electron chi connectivity index (χ3n) is 7.88. The molecule has 3 heterocycles. The number of carboxylic acids is 1. The quantitative estimate of drug-likeness (QED) is 0.0342. The second-order valence-electron chi connectivity index (χ2n) is 12.1. The summed E-state index contributed by atoms with van der Waals surface area (Å²) in [6.07, 6.45) is 2.29. The van der Waals surface area contributed by atoms with Gasteiger partial charge in [-0.05, 0) is 50.5 Å². The van der Waals surface area contributed by atoms with Crippen molar-refractivity contribution in [3.63, 3.8) is 0 Å². The van der Waals surface area contributed by atoms with Crippen molar-refractivity contribution in [1.29, 1.82) is 0 Å². The molecule has 1 saturated carbocycles. The summed E-state index contributed by atoms with van der Waals surface area (Å²) < 4.78 is 44.8. The van der Waals surface area contributed by atoms with Crippen molar-refractivity contribution in [2.45, 2.75) is 49.9 Å². The molecule has 1 unspecified atom stereocenters. The largest absolute Gasteiger partial charge is 0.724 e. The van der Waals surface area contributed by atoms with Gasteiger partial charge in [0.05, 0.1) is 24.3 Å². The minimum atomic E-state index is -5.27. The van der Waals surface area contributed by atoms with E-state index in [4.69, 9.17) is 21.0 Å². The van der Waals surface area contributed by atoms with Gasteiger partial charge in [-0.3, -0.25) is 14.9 Å². The molecule has 3 aromatic rings. The zero-order valence-electron chi connectivity index (χ0n) is 26.5. The highest BCUT2D eigenvalue weighted by molar-refractivity contribution is 7.80. The monoisotopic (exact) mass is 718 g/mol. The predicted molar refractivity (Wildman–Crippen MR) is 172 cm³/mol. The van der Waals surface area contributed by atoms with Gasteiger partial charge < -0.3 is 36.0 Å². The molecule has 2 atom stereocenters. The van der Waals surface area contributed by atoms with Crippen LogP contribution in [0.15, 0.2) is 53.1 Å². The Balaban J connectivity index is 1.23. The maximum atomic E-state index is 13.2. The number of anilines is 2. The summed E-state index contributed by atoms with van der Waals surface area (Å²) in [7, 11) is -3.34. The van der Waals surface area contributed by atoms with Crippen LogP contribution in [0.4, 0.5) is 10.9 Å². The standard InChI is InChI=1S/C29H34N8O10S2/c1-28(2)23(25(39)37(28)47-49(42,43)44)34-24(38)22(19-14-48-27(30)33-19)35-46-20(26(40)41)13-45-18-7-4-16(5-8-18)17-6-9-21(36(3)12-17)32-15-29(31)10-11-29/h4-9,12,14,20,23H,10-11,13,15,31H2,1-3H3,(H5,30,33,34,38,40,41,42,43,44)/b35-22-/t20?,23-/m1/s1. The molecule has 2 aliphatic rings. The molecule has 7 N–H and O–H groups in total. The lowest BCUT2D eigenvalue weighted by Gasteiger charge is -2.51. The Morgan fingerprint density at radius 3 is 2.45 bits per heavy atom. The Morgan fingerprint density at radius 1 is 1.22 bits per heavy atom. The van der Waals surface area contributed by atoms with Gasteiger partial charge >= 0.3 is 5.97 Å². The van der Waals surface area contributed by atoms with Crippen molar-refractivity contribution < 1.29 is 50.9 Å². The van der Waals surface area contributed by atoms with Crippen molar-refractivity contribution in [3.8, 4) is 16.9 Å². The number of hydrogen-bond donors (Lipinski definition) is 5. The number of aryl methyl sites for hydroxylation is 1. The Bertz CT molecular complexity index is 1890. The number of nitrogen functional groups attached to an aromatic ring is 1. The lowest BCUT2D eigenvalue weighted by atomic mass is 9.84. The third kappa shape index (κ3) is 8.40. The molecule has 0 radical (unpaired) electrons. The summed E-state index contributed by atoms with van der Waals surface area (Å²) in [6, 6.07) is 9.51. The first-order valence-corrected chi connectivity index (χ1v) is 16.9. The fourth-order valence-corrected chi connectivity index (χ4v) is 5.76. The van der Waals surface area contributed by atoms with Crippen LogP contribution in [0.5, 0.6) is 5.75 Å². The summed E-state index contributed by atoms with van der Waals surface area (Å²) in [5.41, 5.74) is 11.5. The lowest BCUT2D eigenvalue weighted by Crippen LogP contribution is -2.76. The van der Waals surface area contributed by atoms with Crippen LogP contribution in [0.2, 0.25) is 0 Å². The second-order valence-corrected chi connectivity index (χ2v) is 13.9. The van der Waals surface area contributed by atoms with Crippen molar-refractivity contribution in [1.82, 2.24) is 15.4 Å². The first-order valence-electron chi connectivity index (χ1n) is 14.7. The molecule has 20 heteroatoms. The highest BCUT2D eigenvalue weighted by atomic mass is 32.3. The zero-order valence-corrected chi connectivity index (χ0v) is 28.1. The summed E-state index contributed by atoms with van der Waals surface area (Å²) in [4.78, 5) is 46.9. The van der Waals surface area contributed by atoms with E-state index in [0.717, 1.165) is 41.1 Å². The highest BCUT2D eigenvalue weighted by Crippen LogP contribution is 2.33. The Labute approximate surface area is 284 Å². The van der Waals surface area contributed by atoms with Gasteiger partial charge in [0.1, 0.15) is 30.6 Å². The van der Waals surface area contributed by atoms with E-state index in [1.807, 2.05) is 42.1 Å². The molecule has 49 heavy (non-hydrogen) atoms. The van der Waals surface area contributed by atoms with E-state index in [1.54, 1.807) is 12.1 Å². The number of aromatic nitrogens is 2. The first-order chi connectivity index (χ1) is 23.0. The number of carbonyl (C=O) groups excluding carboxylic acids is 2. The van der Waals surface area contributed by atoms with E-state index >= 15 is 0 Å². The molecule has 1 aliphatic carbocycles. The van der Waals surface area contributed by atoms with Gasteiger partial charge in [0.15, 0.2) is 10.8 Å². The smallest absolute Gasteiger partial charge is 0.351 e. The van der Waals surface area contributed by atoms with E-state index < -0.39 is 58.2 Å². The molecule has 1 saturated heterocycles. The van der Waals surface area contributed by atoms with Crippen LogP contribution in [-0.2, 0) is 41.0 Å². The fraction of sp³-hybridized carbons (Fsp3) is 0.379. The number of nitrogens with zero attached hydrogens (tertiary/aromatic N) is 4. The molecule has 18 nitrogen and oxygen atoms in total. The molecule has 2 fully saturated rings. The van der Waals surface area contributed by atoms with E-state index in [1.165, 1.54) is 19.2 Å². The van der Waals surface area contributed by atoms with E-state index in [0.29, 0.717) is 17.4 Å². The number of hydrogen-bond acceptors (Lipinski definition) is 15. The van der Waals surface area contributed by atoms with Gasteiger partial charge in [0.25, 0.3) is 23.7 Å². The van der Waals surface area contributed by atoms with Crippen molar-refractivity contribution in [2.75, 3.05) is 24.2 Å². The molecule has 5 rings (SSSR count). The number of oxime groups is 1. The number of aliphatic carboxylic acids is 1. The van der Waals surface area contributed by atoms with Crippen LogP contribution in [0.3, 0.4) is 0 Å². The number of thiazole rings is 1. The van der Waals surface area contributed by atoms with Gasteiger partial charge in [0, 0.05) is 17.0 Å². The number of carboxylic acid groups (broad SMARTS) is 1. The van der Waals surface area contributed by atoms with Crippen LogP contribution in [-0.4, -0.2) is 88.0 Å². The number of benzene rings is 1. The van der Waals surface area contributed by atoms with Gasteiger partial charge in [-0.15, -0.1) is 11.3 Å². The number of nitrogens with one attached hydrogen (secondary N) is 2. The fourth-order valence-electron chi connectivity index (χ4n) is 4.76. The minimum absolute atomic E-state index is 0.0526. The van der Waals surface area contributed by atoms with Crippen LogP contribution in [0.1, 0.15) is 32.4 Å². The van der Waals surface area contributed by atoms with E-state index in [2.05, 4.69) is 25.1 Å². The number of pyridine rings is 1. The number of ether oxygens (including phenoxy) is 1. The number of nitrogens with two attached hydrogens (primary N) is 2. The van der Waals surface area contributed by atoms with Crippen molar-refractivity contribution in [2.24, 2.45) is 17.9 Å². The second kappa shape index (κ2) is 13.6. The first kappa shape index (κ1) is 35.4. The molecule has 1 aliphatic heterocycles. The minimum Gasteiger partial charge on any atom is -0.724 e. The van der Waals surface area contributed by atoms with Gasteiger partial charge in [-0.1, -0.05) is 17.3 Å². The molecular weight excluding hydrogens is 684 g/mol. The normalized spacial score (nSPS) is 18.6. The molecular formula is C29H34N8O10S2. The summed E-state index contributed by atoms with van der Waals surface area (Å²) >= 11 is 0.954. The molecule has 2 aromatic heterocycles. The number of hydroxylamine groups is 2. The van der Waals surface area contributed by atoms with E-state index in [9.17, 15) is 32.5 Å². The van der Waals surface area contributed by atoms with Crippen LogP contribution in [0, 0.1) is 0 Å². The summed E-state index contributed by atoms with van der Waals surface area (Å²) in [6.45, 7) is 2.86. The Hall–Kier alpha value is -4.89. The molecule has 0 bridgehead atoms. The summed E-state index contributed by atoms with van der Waals surface area (Å²) in [5.74, 6) is -2.26. The van der Waals surface area contributed by atoms with Crippen molar-refractivity contribution >= 4 is 56.2 Å². The maximum absolute atomic E-state index is 13.2. The molecule has 0 spiro atoms. The van der Waals surface area contributed by atoms with Gasteiger partial charge in [0.2, 0.25) is 10.4 Å². The average Bonchev–Trinajstić information content (AvgIpc) is 3.62. The Kier molecular flexibility index (Phi) is 9.79. The van der Waals surface area contributed by atoms with E-state index in [-0.39, 0.29) is 16.4 Å².